The van der Waals surface area contributed by atoms with E-state index in [1.807, 2.05) is 6.92 Å². The fourth-order valence-corrected chi connectivity index (χ4v) is 6.63. The van der Waals surface area contributed by atoms with Crippen molar-refractivity contribution in [3.8, 4) is 0 Å². The van der Waals surface area contributed by atoms with Gasteiger partial charge < -0.3 is 15.6 Å². The van der Waals surface area contributed by atoms with E-state index in [0.717, 1.165) is 45.2 Å². The van der Waals surface area contributed by atoms with Crippen molar-refractivity contribution < 1.29 is 9.84 Å². The molecule has 1 saturated heterocycles. The van der Waals surface area contributed by atoms with Gasteiger partial charge in [-0.1, -0.05) is 52.0 Å². The van der Waals surface area contributed by atoms with Crippen LogP contribution in [0.15, 0.2) is 41.6 Å². The zero-order valence-electron chi connectivity index (χ0n) is 25.7. The van der Waals surface area contributed by atoms with E-state index in [1.54, 1.807) is 12.3 Å². The molecule has 0 radical (unpaired) electrons. The maximum atomic E-state index is 10.9. The number of aliphatic imine (C=N–C) groups is 1. The standard InChI is InChI=1S/C34H54N4O2/c1-23-18-29-30(34(5,6)15-14-33(29,3)4)20-27(23)19-28-12-13-31(40-28)32(39)38-22-26-10-8-25(9-11-26)21-37-24(2)36-17-7-16-35/h7-8,10,16-18,20,24-26,28,31-32,37-39H,9,11-15,19,21-22,35H2,1-6H3/b16-7-,36-17-. The smallest absolute Gasteiger partial charge is 0.131 e. The monoisotopic (exact) mass is 550 g/mol. The minimum absolute atomic E-state index is 0.0736. The molecule has 0 saturated carbocycles. The molecule has 1 aromatic carbocycles. The molecule has 6 nitrogen and oxygen atoms in total. The van der Waals surface area contributed by atoms with Crippen LogP contribution in [-0.2, 0) is 22.0 Å². The lowest BCUT2D eigenvalue weighted by Gasteiger charge is -2.42. The van der Waals surface area contributed by atoms with Gasteiger partial charge in [0, 0.05) is 19.3 Å². The SMILES string of the molecule is Cc1cc2c(cc1CC1CCC(C(O)NCC3C=CC(CNC(C)/N=C\C=C/N)CC3)O1)C(C)(C)CCC2(C)C. The molecule has 222 valence electrons. The molecule has 1 aromatic rings. The average Bonchev–Trinajstić information content (AvgIpc) is 3.39. The zero-order chi connectivity index (χ0) is 28.9. The lowest BCUT2D eigenvalue weighted by atomic mass is 9.62. The number of aliphatic hydroxyl groups is 1. The van der Waals surface area contributed by atoms with E-state index in [2.05, 4.69) is 74.5 Å². The van der Waals surface area contributed by atoms with Crippen LogP contribution in [-0.4, -0.2) is 49.0 Å². The second-order valence-corrected chi connectivity index (χ2v) is 13.8. The van der Waals surface area contributed by atoms with E-state index in [9.17, 15) is 5.11 Å². The molecule has 1 fully saturated rings. The Labute approximate surface area is 242 Å². The minimum Gasteiger partial charge on any atom is -0.405 e. The van der Waals surface area contributed by atoms with Crippen molar-refractivity contribution in [1.82, 2.24) is 10.6 Å². The van der Waals surface area contributed by atoms with Crippen LogP contribution < -0.4 is 16.4 Å². The van der Waals surface area contributed by atoms with E-state index in [4.69, 9.17) is 10.5 Å². The quantitative estimate of drug-likeness (QED) is 0.168. The van der Waals surface area contributed by atoms with Gasteiger partial charge in [-0.05, 0) is 116 Å². The van der Waals surface area contributed by atoms with Gasteiger partial charge >= 0.3 is 0 Å². The number of allylic oxidation sites excluding steroid dienone is 1. The van der Waals surface area contributed by atoms with Gasteiger partial charge in [-0.3, -0.25) is 15.6 Å². The third-order valence-electron chi connectivity index (χ3n) is 9.58. The highest BCUT2D eigenvalue weighted by molar-refractivity contribution is 5.70. The lowest BCUT2D eigenvalue weighted by Crippen LogP contribution is -2.42. The molecule has 1 aliphatic heterocycles. The maximum Gasteiger partial charge on any atom is 0.131 e. The van der Waals surface area contributed by atoms with Gasteiger partial charge in [0.05, 0.1) is 18.4 Å². The Hall–Kier alpha value is -1.99. The Bertz CT molecular complexity index is 1080. The summed E-state index contributed by atoms with van der Waals surface area (Å²) < 4.78 is 6.40. The average molecular weight is 551 g/mol. The van der Waals surface area contributed by atoms with Crippen LogP contribution >= 0.6 is 0 Å². The summed E-state index contributed by atoms with van der Waals surface area (Å²) in [5.41, 5.74) is 11.6. The molecule has 0 amide bonds. The number of ether oxygens (including phenoxy) is 1. The van der Waals surface area contributed by atoms with E-state index >= 15 is 0 Å². The molecule has 40 heavy (non-hydrogen) atoms. The van der Waals surface area contributed by atoms with Gasteiger partial charge in [-0.25, -0.2) is 0 Å². The van der Waals surface area contributed by atoms with Crippen LogP contribution in [0.25, 0.3) is 0 Å². The number of aliphatic hydroxyl groups excluding tert-OH is 1. The van der Waals surface area contributed by atoms with Crippen LogP contribution in [0.5, 0.6) is 0 Å². The molecular formula is C34H54N4O2. The first-order valence-electron chi connectivity index (χ1n) is 15.5. The normalized spacial score (nSPS) is 29.2. The van der Waals surface area contributed by atoms with Crippen molar-refractivity contribution >= 4 is 6.21 Å². The Morgan fingerprint density at radius 2 is 1.62 bits per heavy atom. The predicted molar refractivity (Wildman–Crippen MR) is 167 cm³/mol. The number of hydrogen-bond acceptors (Lipinski definition) is 6. The summed E-state index contributed by atoms with van der Waals surface area (Å²) in [6.07, 6.45) is 16.6. The summed E-state index contributed by atoms with van der Waals surface area (Å²) in [7, 11) is 0. The number of rotatable bonds is 11. The van der Waals surface area contributed by atoms with Crippen LogP contribution in [0.2, 0.25) is 0 Å². The van der Waals surface area contributed by atoms with Crippen LogP contribution in [0, 0.1) is 18.8 Å². The largest absolute Gasteiger partial charge is 0.405 e. The molecule has 0 spiro atoms. The molecular weight excluding hydrogens is 496 g/mol. The Morgan fingerprint density at radius 1 is 1.00 bits per heavy atom. The van der Waals surface area contributed by atoms with Crippen molar-refractivity contribution in [2.45, 2.75) is 122 Å². The van der Waals surface area contributed by atoms with Crippen LogP contribution in [0.1, 0.15) is 95.4 Å². The number of aryl methyl sites for hydroxylation is 1. The van der Waals surface area contributed by atoms with Crippen molar-refractivity contribution in [1.29, 1.82) is 0 Å². The Kier molecular flexibility index (Phi) is 10.3. The number of nitrogens with one attached hydrogen (secondary N) is 2. The first-order valence-corrected chi connectivity index (χ1v) is 15.5. The molecule has 5 N–H and O–H groups in total. The van der Waals surface area contributed by atoms with Crippen molar-refractivity contribution in [2.75, 3.05) is 13.1 Å². The Balaban J connectivity index is 1.23. The van der Waals surface area contributed by atoms with Crippen LogP contribution in [0.4, 0.5) is 0 Å². The molecule has 3 aliphatic rings. The first-order chi connectivity index (χ1) is 19.0. The molecule has 6 unspecified atom stereocenters. The predicted octanol–water partition coefficient (Wildman–Crippen LogP) is 5.40. The molecule has 1 heterocycles. The number of nitrogens with two attached hydrogens (primary N) is 1. The summed E-state index contributed by atoms with van der Waals surface area (Å²) in [4.78, 5) is 4.38. The summed E-state index contributed by atoms with van der Waals surface area (Å²) in [5, 5.41) is 17.7. The fourth-order valence-electron chi connectivity index (χ4n) is 6.63. The molecule has 2 aliphatic carbocycles. The summed E-state index contributed by atoms with van der Waals surface area (Å²) in [6, 6.07) is 4.92. The zero-order valence-corrected chi connectivity index (χ0v) is 25.7. The number of hydrogen-bond donors (Lipinski definition) is 4. The minimum atomic E-state index is -0.622. The highest BCUT2D eigenvalue weighted by atomic mass is 16.5. The van der Waals surface area contributed by atoms with E-state index in [1.165, 1.54) is 41.3 Å². The molecule has 4 rings (SSSR count). The van der Waals surface area contributed by atoms with Gasteiger partial charge in [-0.15, -0.1) is 0 Å². The fraction of sp³-hybridized carbons (Fsp3) is 0.676. The molecule has 0 bridgehead atoms. The van der Waals surface area contributed by atoms with Gasteiger partial charge in [-0.2, -0.15) is 0 Å². The first kappa shape index (κ1) is 31.0. The van der Waals surface area contributed by atoms with Crippen molar-refractivity contribution in [2.24, 2.45) is 22.6 Å². The van der Waals surface area contributed by atoms with E-state index < -0.39 is 6.23 Å². The van der Waals surface area contributed by atoms with Crippen molar-refractivity contribution in [3.63, 3.8) is 0 Å². The summed E-state index contributed by atoms with van der Waals surface area (Å²) >= 11 is 0. The van der Waals surface area contributed by atoms with Crippen molar-refractivity contribution in [3.05, 3.63) is 58.8 Å². The second kappa shape index (κ2) is 13.3. The summed E-state index contributed by atoms with van der Waals surface area (Å²) in [6.45, 7) is 15.6. The van der Waals surface area contributed by atoms with E-state index in [0.29, 0.717) is 11.8 Å². The lowest BCUT2D eigenvalue weighted by molar-refractivity contribution is -0.0480. The highest BCUT2D eigenvalue weighted by Gasteiger charge is 2.38. The van der Waals surface area contributed by atoms with Crippen LogP contribution in [0.3, 0.4) is 0 Å². The molecule has 6 atom stereocenters. The topological polar surface area (TPSA) is 91.9 Å². The van der Waals surface area contributed by atoms with E-state index in [-0.39, 0.29) is 29.2 Å². The third kappa shape index (κ3) is 7.84. The second-order valence-electron chi connectivity index (χ2n) is 13.8. The third-order valence-corrected chi connectivity index (χ3v) is 9.58. The van der Waals surface area contributed by atoms with Gasteiger partial charge in [0.1, 0.15) is 6.23 Å². The summed E-state index contributed by atoms with van der Waals surface area (Å²) in [5.74, 6) is 0.963. The Morgan fingerprint density at radius 3 is 2.25 bits per heavy atom. The highest BCUT2D eigenvalue weighted by Crippen LogP contribution is 2.46. The van der Waals surface area contributed by atoms with Gasteiger partial charge in [0.25, 0.3) is 0 Å². The number of fused-ring (bicyclic) bond motifs is 1. The maximum absolute atomic E-state index is 10.9. The number of nitrogens with zero attached hydrogens (tertiary/aromatic N) is 1. The van der Waals surface area contributed by atoms with Gasteiger partial charge in [0.15, 0.2) is 0 Å². The number of benzene rings is 1. The molecule has 0 aromatic heterocycles. The molecule has 6 heteroatoms. The van der Waals surface area contributed by atoms with Gasteiger partial charge in [0.2, 0.25) is 0 Å².